The minimum absolute atomic E-state index is 0.430. The van der Waals surface area contributed by atoms with Gasteiger partial charge in [-0.15, -0.1) is 0 Å². The summed E-state index contributed by atoms with van der Waals surface area (Å²) in [7, 11) is 2.00. The zero-order valence-electron chi connectivity index (χ0n) is 11.5. The van der Waals surface area contributed by atoms with Gasteiger partial charge in [-0.2, -0.15) is 0 Å². The van der Waals surface area contributed by atoms with Crippen LogP contribution < -0.4 is 10.2 Å². The largest absolute Gasteiger partial charge is 0.371 e. The highest BCUT2D eigenvalue weighted by molar-refractivity contribution is 5.49. The van der Waals surface area contributed by atoms with Crippen LogP contribution in [-0.2, 0) is 0 Å². The van der Waals surface area contributed by atoms with Gasteiger partial charge < -0.3 is 10.2 Å². The van der Waals surface area contributed by atoms with Crippen LogP contribution in [0.4, 0.5) is 5.69 Å². The maximum atomic E-state index is 3.27. The monoisotopic (exact) mass is 232 g/mol. The van der Waals surface area contributed by atoms with Gasteiger partial charge in [0.05, 0.1) is 0 Å². The number of hydrogen-bond acceptors (Lipinski definition) is 2. The Morgan fingerprint density at radius 1 is 1.24 bits per heavy atom. The van der Waals surface area contributed by atoms with E-state index in [2.05, 4.69) is 55.3 Å². The molecule has 0 bridgehead atoms. The summed E-state index contributed by atoms with van der Waals surface area (Å²) in [6.07, 6.45) is 1.29. The molecular formula is C15H24N2. The zero-order chi connectivity index (χ0) is 12.5. The van der Waals surface area contributed by atoms with Gasteiger partial charge in [0, 0.05) is 24.8 Å². The molecule has 1 aliphatic heterocycles. The van der Waals surface area contributed by atoms with E-state index in [1.807, 2.05) is 7.05 Å². The van der Waals surface area contributed by atoms with Gasteiger partial charge in [-0.3, -0.25) is 0 Å². The molecule has 94 valence electrons. The summed E-state index contributed by atoms with van der Waals surface area (Å²) in [5, 5.41) is 3.27. The molecule has 1 aromatic carbocycles. The number of anilines is 1. The molecule has 1 saturated heterocycles. The second-order valence-electron chi connectivity index (χ2n) is 5.94. The Kier molecular flexibility index (Phi) is 3.43. The van der Waals surface area contributed by atoms with Crippen molar-refractivity contribution in [3.8, 4) is 0 Å². The van der Waals surface area contributed by atoms with Crippen molar-refractivity contribution in [1.29, 1.82) is 0 Å². The zero-order valence-corrected chi connectivity index (χ0v) is 11.5. The summed E-state index contributed by atoms with van der Waals surface area (Å²) in [6, 6.07) is 9.41. The molecule has 17 heavy (non-hydrogen) atoms. The van der Waals surface area contributed by atoms with Crippen LogP contribution in [0.1, 0.15) is 38.8 Å². The topological polar surface area (TPSA) is 15.3 Å². The van der Waals surface area contributed by atoms with Gasteiger partial charge in [0.15, 0.2) is 0 Å². The summed E-state index contributed by atoms with van der Waals surface area (Å²) < 4.78 is 0. The van der Waals surface area contributed by atoms with E-state index in [-0.39, 0.29) is 0 Å². The molecule has 1 unspecified atom stereocenters. The van der Waals surface area contributed by atoms with Gasteiger partial charge >= 0.3 is 0 Å². The van der Waals surface area contributed by atoms with Gasteiger partial charge in [-0.25, -0.2) is 0 Å². The van der Waals surface area contributed by atoms with Crippen LogP contribution in [-0.4, -0.2) is 20.1 Å². The third-order valence-electron chi connectivity index (χ3n) is 3.87. The maximum Gasteiger partial charge on any atom is 0.0366 e. The van der Waals surface area contributed by atoms with Gasteiger partial charge in [0.1, 0.15) is 0 Å². The van der Waals surface area contributed by atoms with E-state index in [0.29, 0.717) is 11.5 Å². The quantitative estimate of drug-likeness (QED) is 0.861. The summed E-state index contributed by atoms with van der Waals surface area (Å²) in [4.78, 5) is 2.49. The first-order valence-corrected chi connectivity index (χ1v) is 6.54. The summed E-state index contributed by atoms with van der Waals surface area (Å²) in [5.74, 6) is 0. The number of hydrogen-bond donors (Lipinski definition) is 1. The fourth-order valence-corrected chi connectivity index (χ4v) is 2.47. The first-order chi connectivity index (χ1) is 8.02. The molecule has 0 saturated carbocycles. The van der Waals surface area contributed by atoms with Crippen molar-refractivity contribution < 1.29 is 0 Å². The molecular weight excluding hydrogens is 208 g/mol. The van der Waals surface area contributed by atoms with Crippen LogP contribution >= 0.6 is 0 Å². The lowest BCUT2D eigenvalue weighted by Crippen LogP contribution is -2.22. The van der Waals surface area contributed by atoms with Crippen molar-refractivity contribution in [2.45, 2.75) is 33.2 Å². The molecule has 1 aromatic rings. The molecule has 1 atom stereocenters. The molecule has 2 heteroatoms. The summed E-state index contributed by atoms with van der Waals surface area (Å²) in [6.45, 7) is 9.25. The second kappa shape index (κ2) is 4.69. The van der Waals surface area contributed by atoms with E-state index < -0.39 is 0 Å². The third kappa shape index (κ3) is 2.81. The van der Waals surface area contributed by atoms with E-state index in [1.165, 1.54) is 30.8 Å². The second-order valence-corrected chi connectivity index (χ2v) is 5.94. The normalized spacial score (nSPS) is 20.6. The Morgan fingerprint density at radius 3 is 2.35 bits per heavy atom. The summed E-state index contributed by atoms with van der Waals surface area (Å²) in [5.41, 5.74) is 3.19. The number of nitrogens with one attached hydrogen (secondary N) is 1. The highest BCUT2D eigenvalue weighted by atomic mass is 15.2. The minimum Gasteiger partial charge on any atom is -0.371 e. The maximum absolute atomic E-state index is 3.27. The molecule has 0 aliphatic carbocycles. The molecule has 1 fully saturated rings. The lowest BCUT2D eigenvalue weighted by Gasteiger charge is -2.22. The third-order valence-corrected chi connectivity index (χ3v) is 3.87. The van der Waals surface area contributed by atoms with Crippen LogP contribution in [0.5, 0.6) is 0 Å². The molecule has 0 aromatic heterocycles. The predicted octanol–water partition coefficient (Wildman–Crippen LogP) is 3.20. The fourth-order valence-electron chi connectivity index (χ4n) is 2.47. The lowest BCUT2D eigenvalue weighted by molar-refractivity contribution is 0.418. The Bertz CT molecular complexity index is 367. The molecule has 2 rings (SSSR count). The molecule has 1 aliphatic rings. The highest BCUT2D eigenvalue weighted by Gasteiger charge is 2.29. The van der Waals surface area contributed by atoms with Gasteiger partial charge in [0.25, 0.3) is 0 Å². The first kappa shape index (κ1) is 12.4. The number of rotatable bonds is 3. The molecule has 0 spiro atoms. The smallest absolute Gasteiger partial charge is 0.0366 e. The average molecular weight is 232 g/mol. The minimum atomic E-state index is 0.430. The summed E-state index contributed by atoms with van der Waals surface area (Å²) >= 11 is 0. The lowest BCUT2D eigenvalue weighted by atomic mass is 9.93. The van der Waals surface area contributed by atoms with Gasteiger partial charge in [0.2, 0.25) is 0 Å². The van der Waals surface area contributed by atoms with Crippen molar-refractivity contribution in [1.82, 2.24) is 5.32 Å². The average Bonchev–Trinajstić information content (AvgIpc) is 2.69. The van der Waals surface area contributed by atoms with Crippen molar-refractivity contribution in [3.05, 3.63) is 29.8 Å². The highest BCUT2D eigenvalue weighted by Crippen LogP contribution is 2.32. The van der Waals surface area contributed by atoms with Crippen LogP contribution in [0.3, 0.4) is 0 Å². The molecule has 0 radical (unpaired) electrons. The van der Waals surface area contributed by atoms with Crippen molar-refractivity contribution in [3.63, 3.8) is 0 Å². The van der Waals surface area contributed by atoms with Crippen LogP contribution in [0.2, 0.25) is 0 Å². The molecule has 1 heterocycles. The molecule has 1 N–H and O–H groups in total. The Labute approximate surface area is 105 Å². The van der Waals surface area contributed by atoms with Crippen molar-refractivity contribution in [2.75, 3.05) is 25.0 Å². The van der Waals surface area contributed by atoms with Crippen LogP contribution in [0.15, 0.2) is 24.3 Å². The van der Waals surface area contributed by atoms with E-state index in [4.69, 9.17) is 0 Å². The Balaban J connectivity index is 2.09. The van der Waals surface area contributed by atoms with E-state index in [0.717, 1.165) is 0 Å². The Morgan fingerprint density at radius 2 is 1.88 bits per heavy atom. The predicted molar refractivity (Wildman–Crippen MR) is 74.5 cm³/mol. The van der Waals surface area contributed by atoms with Crippen LogP contribution in [0, 0.1) is 5.41 Å². The first-order valence-electron chi connectivity index (χ1n) is 6.54. The van der Waals surface area contributed by atoms with E-state index in [1.54, 1.807) is 0 Å². The number of nitrogens with zero attached hydrogens (tertiary/aromatic N) is 1. The van der Waals surface area contributed by atoms with Gasteiger partial charge in [-0.1, -0.05) is 26.0 Å². The van der Waals surface area contributed by atoms with E-state index in [9.17, 15) is 0 Å². The molecule has 2 nitrogen and oxygen atoms in total. The number of benzene rings is 1. The van der Waals surface area contributed by atoms with Gasteiger partial charge in [-0.05, 0) is 43.5 Å². The van der Waals surface area contributed by atoms with Crippen LogP contribution in [0.25, 0.3) is 0 Å². The van der Waals surface area contributed by atoms with E-state index >= 15 is 0 Å². The van der Waals surface area contributed by atoms with Crippen molar-refractivity contribution in [2.24, 2.45) is 5.41 Å². The molecule has 0 amide bonds. The fraction of sp³-hybridized carbons (Fsp3) is 0.600. The Hall–Kier alpha value is -1.02. The standard InChI is InChI=1S/C15H24N2/c1-12(16-4)13-5-7-14(8-6-13)17-10-9-15(2,3)11-17/h5-8,12,16H,9-11H2,1-4H3. The SMILES string of the molecule is CNC(C)c1ccc(N2CCC(C)(C)C2)cc1. The van der Waals surface area contributed by atoms with Crippen molar-refractivity contribution >= 4 is 5.69 Å².